The number of halogens is 2. The van der Waals surface area contributed by atoms with Crippen LogP contribution in [0.3, 0.4) is 0 Å². The molecule has 0 aliphatic carbocycles. The average molecular weight is 356 g/mol. The number of ether oxygens (including phenoxy) is 2. The number of benzene rings is 1. The van der Waals surface area contributed by atoms with Gasteiger partial charge in [0.2, 0.25) is 0 Å². The minimum atomic E-state index is -1.70. The fourth-order valence-electron chi connectivity index (χ4n) is 2.60. The highest BCUT2D eigenvalue weighted by molar-refractivity contribution is 6.12. The molecular weight excluding hydrogens is 342 g/mol. The van der Waals surface area contributed by atoms with Crippen molar-refractivity contribution in [1.82, 2.24) is 4.90 Å². The van der Waals surface area contributed by atoms with Gasteiger partial charge in [-0.15, -0.1) is 0 Å². The van der Waals surface area contributed by atoms with E-state index in [2.05, 4.69) is 9.73 Å². The summed E-state index contributed by atoms with van der Waals surface area (Å²) >= 11 is 0. The monoisotopic (exact) mass is 356 g/mol. The highest BCUT2D eigenvalue weighted by Crippen LogP contribution is 2.35. The molecule has 25 heavy (non-hydrogen) atoms. The molecule has 0 radical (unpaired) electrons. The molecule has 8 nitrogen and oxygen atoms in total. The van der Waals surface area contributed by atoms with Crippen LogP contribution in [0.1, 0.15) is 11.6 Å². The van der Waals surface area contributed by atoms with Crippen molar-refractivity contribution >= 4 is 23.8 Å². The van der Waals surface area contributed by atoms with Crippen molar-refractivity contribution < 1.29 is 37.7 Å². The Bertz CT molecular complexity index is 752. The maximum absolute atomic E-state index is 13.6. The molecule has 3 amide bonds. The lowest BCUT2D eigenvalue weighted by atomic mass is 9.86. The summed E-state index contributed by atoms with van der Waals surface area (Å²) in [4.78, 5) is 39.6. The first-order valence-electron chi connectivity index (χ1n) is 6.97. The van der Waals surface area contributed by atoms with Crippen molar-refractivity contribution in [2.45, 2.75) is 6.04 Å². The molecule has 10 heteroatoms. The van der Waals surface area contributed by atoms with E-state index >= 15 is 0 Å². The number of aliphatic imine (C=N–C) groups is 1. The SMILES string of the molecule is COCC1=NC(=O)N(C(=O)O)C(c2ccc(F)c(F)c2)C1C(=O)OC. The Morgan fingerprint density at radius 2 is 1.96 bits per heavy atom. The standard InChI is InChI=1S/C15H14F2N2O6/c1-24-6-10-11(13(20)25-2)12(19(15(22)23)14(21)18-10)7-3-4-8(16)9(17)5-7/h3-5,11-12H,6H2,1-2H3,(H,22,23). The Balaban J connectivity index is 2.67. The zero-order valence-corrected chi connectivity index (χ0v) is 13.2. The highest BCUT2D eigenvalue weighted by Gasteiger charge is 2.47. The van der Waals surface area contributed by atoms with Crippen LogP contribution in [0.5, 0.6) is 0 Å². The molecule has 1 aromatic carbocycles. The van der Waals surface area contributed by atoms with Gasteiger partial charge in [0.1, 0.15) is 5.92 Å². The first kappa shape index (κ1) is 18.5. The van der Waals surface area contributed by atoms with Crippen molar-refractivity contribution in [3.63, 3.8) is 0 Å². The third kappa shape index (κ3) is 3.48. The van der Waals surface area contributed by atoms with Crippen molar-refractivity contribution in [1.29, 1.82) is 0 Å². The van der Waals surface area contributed by atoms with Crippen molar-refractivity contribution in [3.05, 3.63) is 35.4 Å². The predicted molar refractivity (Wildman–Crippen MR) is 79.2 cm³/mol. The van der Waals surface area contributed by atoms with Gasteiger partial charge in [0.15, 0.2) is 11.6 Å². The van der Waals surface area contributed by atoms with Crippen LogP contribution in [0.4, 0.5) is 18.4 Å². The van der Waals surface area contributed by atoms with Crippen LogP contribution in [0, 0.1) is 17.6 Å². The topological polar surface area (TPSA) is 106 Å². The Hall–Kier alpha value is -2.88. The average Bonchev–Trinajstić information content (AvgIpc) is 2.56. The summed E-state index contributed by atoms with van der Waals surface area (Å²) in [5, 5.41) is 9.34. The van der Waals surface area contributed by atoms with E-state index in [4.69, 9.17) is 4.74 Å². The summed E-state index contributed by atoms with van der Waals surface area (Å²) in [7, 11) is 2.36. The van der Waals surface area contributed by atoms with E-state index in [0.717, 1.165) is 25.3 Å². The molecule has 1 aliphatic rings. The fourth-order valence-corrected chi connectivity index (χ4v) is 2.60. The predicted octanol–water partition coefficient (Wildman–Crippen LogP) is 2.00. The summed E-state index contributed by atoms with van der Waals surface area (Å²) in [5.74, 6) is -4.67. The van der Waals surface area contributed by atoms with Gasteiger partial charge in [-0.3, -0.25) is 4.79 Å². The van der Waals surface area contributed by atoms with Gasteiger partial charge in [0.05, 0.1) is 25.5 Å². The zero-order chi connectivity index (χ0) is 18.7. The second-order valence-electron chi connectivity index (χ2n) is 5.09. The van der Waals surface area contributed by atoms with Gasteiger partial charge in [-0.1, -0.05) is 6.07 Å². The number of rotatable bonds is 4. The minimum absolute atomic E-state index is 0.0772. The van der Waals surface area contributed by atoms with Gasteiger partial charge in [0.25, 0.3) is 0 Å². The zero-order valence-electron chi connectivity index (χ0n) is 13.2. The smallest absolute Gasteiger partial charge is 0.416 e. The molecule has 2 rings (SSSR count). The van der Waals surface area contributed by atoms with Gasteiger partial charge < -0.3 is 14.6 Å². The Kier molecular flexibility index (Phi) is 5.42. The van der Waals surface area contributed by atoms with Gasteiger partial charge in [-0.05, 0) is 17.7 Å². The number of esters is 1. The summed E-state index contributed by atoms with van der Waals surface area (Å²) in [6, 6.07) is -0.0809. The summed E-state index contributed by atoms with van der Waals surface area (Å²) in [6.07, 6.45) is -1.70. The maximum atomic E-state index is 13.6. The molecule has 0 aromatic heterocycles. The normalized spacial score (nSPS) is 20.2. The molecule has 134 valence electrons. The van der Waals surface area contributed by atoms with E-state index in [1.54, 1.807) is 0 Å². The highest BCUT2D eigenvalue weighted by atomic mass is 19.2. The van der Waals surface area contributed by atoms with Gasteiger partial charge in [-0.25, -0.2) is 23.3 Å². The number of urea groups is 1. The molecule has 1 aliphatic heterocycles. The van der Waals surface area contributed by atoms with Crippen LogP contribution in [-0.2, 0) is 14.3 Å². The Morgan fingerprint density at radius 1 is 1.28 bits per heavy atom. The van der Waals surface area contributed by atoms with Gasteiger partial charge in [0, 0.05) is 7.11 Å². The Labute approximate surface area is 140 Å². The molecule has 1 heterocycles. The number of methoxy groups -OCH3 is 2. The van der Waals surface area contributed by atoms with E-state index in [1.165, 1.54) is 7.11 Å². The second kappa shape index (κ2) is 7.34. The third-order valence-corrected chi connectivity index (χ3v) is 3.64. The van der Waals surface area contributed by atoms with Crippen LogP contribution in [-0.4, -0.2) is 54.6 Å². The lowest BCUT2D eigenvalue weighted by Gasteiger charge is -2.35. The molecule has 0 fully saturated rings. The molecule has 2 atom stereocenters. The lowest BCUT2D eigenvalue weighted by Crippen LogP contribution is -2.50. The number of amides is 3. The van der Waals surface area contributed by atoms with Crippen LogP contribution in [0.2, 0.25) is 0 Å². The first-order chi connectivity index (χ1) is 11.8. The molecule has 0 spiro atoms. The largest absolute Gasteiger partial charge is 0.468 e. The number of carbonyl (C=O) groups excluding carboxylic acids is 2. The van der Waals surface area contributed by atoms with E-state index < -0.39 is 41.7 Å². The van der Waals surface area contributed by atoms with Crippen molar-refractivity contribution in [2.24, 2.45) is 10.9 Å². The van der Waals surface area contributed by atoms with Gasteiger partial charge >= 0.3 is 18.1 Å². The number of carbonyl (C=O) groups is 3. The number of hydrogen-bond donors (Lipinski definition) is 1. The lowest BCUT2D eigenvalue weighted by molar-refractivity contribution is -0.144. The number of nitrogens with zero attached hydrogens (tertiary/aromatic N) is 2. The van der Waals surface area contributed by atoms with Crippen molar-refractivity contribution in [3.8, 4) is 0 Å². The van der Waals surface area contributed by atoms with Crippen LogP contribution in [0.25, 0.3) is 0 Å². The maximum Gasteiger partial charge on any atom is 0.416 e. The summed E-state index contributed by atoms with van der Waals surface area (Å²) in [6.45, 7) is -0.251. The third-order valence-electron chi connectivity index (χ3n) is 3.64. The van der Waals surface area contributed by atoms with Crippen LogP contribution in [0.15, 0.2) is 23.2 Å². The molecule has 1 aromatic rings. The number of carboxylic acid groups (broad SMARTS) is 1. The van der Waals surface area contributed by atoms with E-state index in [-0.39, 0.29) is 22.8 Å². The summed E-state index contributed by atoms with van der Waals surface area (Å²) < 4.78 is 36.4. The molecular formula is C15H14F2N2O6. The molecule has 1 N–H and O–H groups in total. The van der Waals surface area contributed by atoms with Crippen molar-refractivity contribution in [2.75, 3.05) is 20.8 Å². The molecule has 0 saturated heterocycles. The number of imide groups is 1. The first-order valence-corrected chi connectivity index (χ1v) is 6.97. The fraction of sp³-hybridized carbons (Fsp3) is 0.333. The van der Waals surface area contributed by atoms with Crippen LogP contribution < -0.4 is 0 Å². The van der Waals surface area contributed by atoms with E-state index in [1.807, 2.05) is 0 Å². The number of hydrogen-bond acceptors (Lipinski definition) is 5. The Morgan fingerprint density at radius 3 is 2.48 bits per heavy atom. The van der Waals surface area contributed by atoms with Gasteiger partial charge in [-0.2, -0.15) is 4.99 Å². The second-order valence-corrected chi connectivity index (χ2v) is 5.09. The van der Waals surface area contributed by atoms with Crippen LogP contribution >= 0.6 is 0 Å². The minimum Gasteiger partial charge on any atom is -0.468 e. The van der Waals surface area contributed by atoms with E-state index in [0.29, 0.717) is 0 Å². The molecule has 0 bridgehead atoms. The molecule has 2 unspecified atom stereocenters. The molecule has 0 saturated carbocycles. The quantitative estimate of drug-likeness (QED) is 0.827. The van der Waals surface area contributed by atoms with E-state index in [9.17, 15) is 28.3 Å². The summed E-state index contributed by atoms with van der Waals surface area (Å²) in [5.41, 5.74) is -0.180.